The van der Waals surface area contributed by atoms with Crippen LogP contribution in [-0.4, -0.2) is 0 Å². The van der Waals surface area contributed by atoms with Crippen LogP contribution in [0.3, 0.4) is 0 Å². The fraction of sp³-hybridized carbons (Fsp3) is 0.368. The Bertz CT molecular complexity index is 1210. The third kappa shape index (κ3) is 9.01. The number of aryl methyl sites for hydroxylation is 4. The first-order valence-corrected chi connectivity index (χ1v) is 15.4. The van der Waals surface area contributed by atoms with Gasteiger partial charge in [0.1, 0.15) is 0 Å². The van der Waals surface area contributed by atoms with Gasteiger partial charge in [-0.3, -0.25) is 0 Å². The van der Waals surface area contributed by atoms with Crippen molar-refractivity contribution in [3.63, 3.8) is 0 Å². The number of benzene rings is 4. The van der Waals surface area contributed by atoms with Gasteiger partial charge in [0.2, 0.25) is 0 Å². The molecule has 0 radical (unpaired) electrons. The molecular weight excluding hydrogens is 484 g/mol. The van der Waals surface area contributed by atoms with Crippen molar-refractivity contribution in [1.82, 2.24) is 0 Å². The third-order valence-corrected chi connectivity index (χ3v) is 8.23. The molecule has 0 amide bonds. The van der Waals surface area contributed by atoms with Gasteiger partial charge in [-0.05, 0) is 120 Å². The Balaban J connectivity index is 1.14. The molecule has 0 aliphatic carbocycles. The number of rotatable bonds is 15. The van der Waals surface area contributed by atoms with Gasteiger partial charge in [-0.25, -0.2) is 0 Å². The van der Waals surface area contributed by atoms with Gasteiger partial charge < -0.3 is 11.5 Å². The van der Waals surface area contributed by atoms with Crippen LogP contribution >= 0.6 is 0 Å². The molecule has 4 rings (SSSR count). The molecule has 0 atom stereocenters. The van der Waals surface area contributed by atoms with Crippen LogP contribution in [0.2, 0.25) is 0 Å². The van der Waals surface area contributed by atoms with Gasteiger partial charge in [0.15, 0.2) is 0 Å². The highest BCUT2D eigenvalue weighted by molar-refractivity contribution is 5.43. The smallest absolute Gasteiger partial charge is 0.0314 e. The largest absolute Gasteiger partial charge is 0.399 e. The highest BCUT2D eigenvalue weighted by atomic mass is 14.5. The predicted molar refractivity (Wildman–Crippen MR) is 174 cm³/mol. The summed E-state index contributed by atoms with van der Waals surface area (Å²) in [5, 5.41) is 0. The molecule has 2 nitrogen and oxygen atoms in total. The Morgan fingerprint density at radius 2 is 0.750 bits per heavy atom. The quantitative estimate of drug-likeness (QED) is 0.118. The van der Waals surface area contributed by atoms with Crippen molar-refractivity contribution in [2.24, 2.45) is 0 Å². The van der Waals surface area contributed by atoms with E-state index in [0.717, 1.165) is 37.1 Å². The molecule has 0 aromatic heterocycles. The van der Waals surface area contributed by atoms with Crippen molar-refractivity contribution in [2.45, 2.75) is 90.9 Å². The monoisotopic (exact) mass is 532 g/mol. The zero-order valence-corrected chi connectivity index (χ0v) is 24.7. The van der Waals surface area contributed by atoms with Crippen LogP contribution in [0.25, 0.3) is 0 Å². The lowest BCUT2D eigenvalue weighted by Crippen LogP contribution is -1.98. The van der Waals surface area contributed by atoms with Gasteiger partial charge in [-0.15, -0.1) is 0 Å². The molecule has 0 spiro atoms. The molecule has 4 aromatic carbocycles. The summed E-state index contributed by atoms with van der Waals surface area (Å²) < 4.78 is 0. The van der Waals surface area contributed by atoms with E-state index >= 15 is 0 Å². The number of anilines is 2. The molecule has 4 N–H and O–H groups in total. The molecule has 0 saturated heterocycles. The number of hydrogen-bond acceptors (Lipinski definition) is 2. The number of nitrogen functional groups attached to an aromatic ring is 2. The molecule has 40 heavy (non-hydrogen) atoms. The van der Waals surface area contributed by atoms with E-state index in [2.05, 4.69) is 74.5 Å². The summed E-state index contributed by atoms with van der Waals surface area (Å²) in [6.07, 6.45) is 14.4. The Morgan fingerprint density at radius 3 is 1.12 bits per heavy atom. The molecular formula is C38H48N2. The minimum Gasteiger partial charge on any atom is -0.399 e. The lowest BCUT2D eigenvalue weighted by atomic mass is 9.94. The van der Waals surface area contributed by atoms with Crippen LogP contribution in [0, 0.1) is 0 Å². The van der Waals surface area contributed by atoms with Crippen LogP contribution in [-0.2, 0) is 38.5 Å². The zero-order valence-electron chi connectivity index (χ0n) is 24.7. The second-order valence-corrected chi connectivity index (χ2v) is 11.4. The van der Waals surface area contributed by atoms with Crippen molar-refractivity contribution >= 4 is 11.4 Å². The highest BCUT2D eigenvalue weighted by Gasteiger charge is 2.06. The minimum atomic E-state index is 0.830. The summed E-state index contributed by atoms with van der Waals surface area (Å²) in [5.41, 5.74) is 24.8. The van der Waals surface area contributed by atoms with Gasteiger partial charge in [-0.2, -0.15) is 0 Å². The van der Waals surface area contributed by atoms with Crippen LogP contribution in [0.15, 0.2) is 84.9 Å². The average Bonchev–Trinajstić information content (AvgIpc) is 2.98. The van der Waals surface area contributed by atoms with Gasteiger partial charge >= 0.3 is 0 Å². The molecule has 0 aliphatic rings. The molecule has 0 aliphatic heterocycles. The van der Waals surface area contributed by atoms with Crippen LogP contribution in [0.1, 0.15) is 96.9 Å². The summed E-state index contributed by atoms with van der Waals surface area (Å²) in [4.78, 5) is 0. The second-order valence-electron chi connectivity index (χ2n) is 11.4. The normalized spacial score (nSPS) is 11.2. The summed E-state index contributed by atoms with van der Waals surface area (Å²) in [6, 6.07) is 30.8. The fourth-order valence-electron chi connectivity index (χ4n) is 5.75. The number of nitrogens with two attached hydrogens (primary N) is 2. The van der Waals surface area contributed by atoms with E-state index in [1.165, 1.54) is 95.9 Å². The fourth-order valence-corrected chi connectivity index (χ4v) is 5.75. The first kappa shape index (κ1) is 29.5. The van der Waals surface area contributed by atoms with E-state index in [-0.39, 0.29) is 0 Å². The van der Waals surface area contributed by atoms with E-state index in [1.54, 1.807) is 0 Å². The van der Waals surface area contributed by atoms with E-state index in [1.807, 2.05) is 24.3 Å². The maximum Gasteiger partial charge on any atom is 0.0314 e. The van der Waals surface area contributed by atoms with E-state index in [0.29, 0.717) is 0 Å². The van der Waals surface area contributed by atoms with Crippen molar-refractivity contribution in [2.75, 3.05) is 11.5 Å². The van der Waals surface area contributed by atoms with Crippen molar-refractivity contribution in [3.05, 3.63) is 129 Å². The lowest BCUT2D eigenvalue weighted by molar-refractivity contribution is 0.593. The van der Waals surface area contributed by atoms with Crippen molar-refractivity contribution in [1.29, 1.82) is 0 Å². The van der Waals surface area contributed by atoms with E-state index in [4.69, 9.17) is 11.5 Å². The summed E-state index contributed by atoms with van der Waals surface area (Å²) in [5.74, 6) is 0. The maximum absolute atomic E-state index is 5.85. The average molecular weight is 533 g/mol. The third-order valence-electron chi connectivity index (χ3n) is 8.23. The molecule has 210 valence electrons. The van der Waals surface area contributed by atoms with Crippen LogP contribution in [0.4, 0.5) is 11.4 Å². The Labute approximate surface area is 242 Å². The Hall–Kier alpha value is -3.52. The highest BCUT2D eigenvalue weighted by Crippen LogP contribution is 2.22. The zero-order chi connectivity index (χ0) is 28.2. The topological polar surface area (TPSA) is 52.0 Å². The molecule has 0 heterocycles. The molecule has 0 fully saturated rings. The number of hydrogen-bond donors (Lipinski definition) is 2. The van der Waals surface area contributed by atoms with Crippen LogP contribution in [0.5, 0.6) is 0 Å². The van der Waals surface area contributed by atoms with Crippen molar-refractivity contribution in [3.8, 4) is 0 Å². The van der Waals surface area contributed by atoms with Crippen molar-refractivity contribution < 1.29 is 0 Å². The van der Waals surface area contributed by atoms with Gasteiger partial charge in [0.25, 0.3) is 0 Å². The van der Waals surface area contributed by atoms with Gasteiger partial charge in [0.05, 0.1) is 0 Å². The molecule has 0 unspecified atom stereocenters. The van der Waals surface area contributed by atoms with Gasteiger partial charge in [-0.1, -0.05) is 100 Å². The van der Waals surface area contributed by atoms with E-state index < -0.39 is 0 Å². The maximum atomic E-state index is 5.85. The second kappa shape index (κ2) is 15.3. The first-order chi connectivity index (χ1) is 19.5. The predicted octanol–water partition coefficient (Wildman–Crippen LogP) is 9.28. The lowest BCUT2D eigenvalue weighted by Gasteiger charge is -2.12. The summed E-state index contributed by atoms with van der Waals surface area (Å²) >= 11 is 0. The standard InChI is InChI=1S/C38H48N2/c1-3-33-25-29(13-19-35(33)27-31-15-21-37(39)22-16-31)11-9-7-5-6-8-10-12-30-14-20-36(34(4-2)26-30)28-32-17-23-38(40)24-18-32/h13-26H,3-12,27-28,39-40H2,1-2H3. The van der Waals surface area contributed by atoms with Crippen LogP contribution < -0.4 is 11.5 Å². The van der Waals surface area contributed by atoms with Gasteiger partial charge in [0, 0.05) is 11.4 Å². The summed E-state index contributed by atoms with van der Waals surface area (Å²) in [6.45, 7) is 4.54. The minimum absolute atomic E-state index is 0.830. The SMILES string of the molecule is CCc1cc(CCCCCCCCc2ccc(Cc3ccc(N)cc3)c(CC)c2)ccc1Cc1ccc(N)cc1. The first-order valence-electron chi connectivity index (χ1n) is 15.4. The molecule has 4 aromatic rings. The summed E-state index contributed by atoms with van der Waals surface area (Å²) in [7, 11) is 0. The number of unbranched alkanes of at least 4 members (excludes halogenated alkanes) is 5. The molecule has 0 bridgehead atoms. The van der Waals surface area contributed by atoms with E-state index in [9.17, 15) is 0 Å². The molecule has 2 heteroatoms. The molecule has 0 saturated carbocycles. The Kier molecular flexibility index (Phi) is 11.3. The Morgan fingerprint density at radius 1 is 0.400 bits per heavy atom.